The number of rotatable bonds is 2. The molecule has 0 spiro atoms. The summed E-state index contributed by atoms with van der Waals surface area (Å²) in [6.45, 7) is 0.764. The molecule has 7 nitrogen and oxygen atoms in total. The number of pyridine rings is 1. The van der Waals surface area contributed by atoms with Gasteiger partial charge in [-0.1, -0.05) is 6.07 Å². The fourth-order valence-corrected chi connectivity index (χ4v) is 3.39. The maximum atomic E-state index is 12.8. The van der Waals surface area contributed by atoms with Gasteiger partial charge >= 0.3 is 5.91 Å². The number of hydrogen-bond acceptors (Lipinski definition) is 5. The molecule has 7 heteroatoms. The summed E-state index contributed by atoms with van der Waals surface area (Å²) in [6, 6.07) is 9.80. The first-order valence-electron chi connectivity index (χ1n) is 8.47. The number of amides is 1. The average molecular weight is 346 g/mol. The van der Waals surface area contributed by atoms with Gasteiger partial charge in [0.2, 0.25) is 0 Å². The predicted molar refractivity (Wildman–Crippen MR) is 97.4 cm³/mol. The van der Waals surface area contributed by atoms with Crippen LogP contribution in [0, 0.1) is 0 Å². The van der Waals surface area contributed by atoms with E-state index >= 15 is 0 Å². The highest BCUT2D eigenvalue weighted by atomic mass is 16.4. The average Bonchev–Trinajstić information content (AvgIpc) is 3.38. The number of aromatic nitrogens is 3. The van der Waals surface area contributed by atoms with Crippen LogP contribution in [0.25, 0.3) is 27.7 Å². The summed E-state index contributed by atoms with van der Waals surface area (Å²) in [7, 11) is 0. The van der Waals surface area contributed by atoms with Crippen LogP contribution in [-0.4, -0.2) is 37.8 Å². The molecule has 0 saturated carbocycles. The molecule has 128 valence electrons. The number of nitrogen functional groups attached to an aromatic ring is 1. The van der Waals surface area contributed by atoms with Crippen molar-refractivity contribution in [2.75, 3.05) is 12.3 Å². The minimum Gasteiger partial charge on any atom is -0.424 e. The van der Waals surface area contributed by atoms with Crippen LogP contribution in [-0.2, 0) is 0 Å². The Bertz CT molecular complexity index is 1200. The van der Waals surface area contributed by atoms with E-state index in [4.69, 9.17) is 10.2 Å². The molecule has 3 aromatic heterocycles. The maximum Gasteiger partial charge on any atom is 0.422 e. The Morgan fingerprint density at radius 1 is 1.23 bits per heavy atom. The topological polar surface area (TPSA) is 89.4 Å². The highest BCUT2D eigenvalue weighted by Crippen LogP contribution is 2.27. The van der Waals surface area contributed by atoms with Crippen molar-refractivity contribution < 1.29 is 13.8 Å². The zero-order valence-electron chi connectivity index (χ0n) is 13.9. The van der Waals surface area contributed by atoms with E-state index in [1.807, 2.05) is 42.7 Å². The molecule has 1 aromatic carbocycles. The fraction of sp³-hybridized carbons (Fsp3) is 0.158. The molecule has 0 fully saturated rings. The molecule has 0 aliphatic carbocycles. The number of carbonyl (C=O) groups is 1. The summed E-state index contributed by atoms with van der Waals surface area (Å²) in [5, 5.41) is 4.31. The molecule has 4 heterocycles. The van der Waals surface area contributed by atoms with E-state index in [1.165, 1.54) is 0 Å². The van der Waals surface area contributed by atoms with Crippen molar-refractivity contribution >= 4 is 34.8 Å². The second-order valence-corrected chi connectivity index (χ2v) is 6.36. The third-order valence-corrected chi connectivity index (χ3v) is 4.70. The first kappa shape index (κ1) is 14.8. The minimum atomic E-state index is -0.00521. The molecular formula is C19H16N5O2+. The van der Waals surface area contributed by atoms with Crippen LogP contribution in [0.15, 0.2) is 47.1 Å². The molecule has 2 N–H and O–H groups in total. The van der Waals surface area contributed by atoms with Gasteiger partial charge in [0.1, 0.15) is 17.3 Å². The van der Waals surface area contributed by atoms with Crippen molar-refractivity contribution in [2.24, 2.45) is 0 Å². The van der Waals surface area contributed by atoms with E-state index < -0.39 is 0 Å². The van der Waals surface area contributed by atoms with Crippen LogP contribution in [0.4, 0.5) is 6.01 Å². The number of oxazole rings is 1. The summed E-state index contributed by atoms with van der Waals surface area (Å²) in [4.78, 5) is 16.9. The van der Waals surface area contributed by atoms with Crippen LogP contribution in [0.2, 0.25) is 0 Å². The number of anilines is 1. The summed E-state index contributed by atoms with van der Waals surface area (Å²) < 4.78 is 8.82. The molecule has 0 radical (unpaired) electrons. The molecule has 1 aliphatic heterocycles. The van der Waals surface area contributed by atoms with Crippen molar-refractivity contribution in [3.05, 3.63) is 48.3 Å². The first-order chi connectivity index (χ1) is 12.7. The summed E-state index contributed by atoms with van der Waals surface area (Å²) in [5.74, 6) is -0.00521. The van der Waals surface area contributed by atoms with Gasteiger partial charge in [0.15, 0.2) is 12.1 Å². The van der Waals surface area contributed by atoms with Gasteiger partial charge in [-0.2, -0.15) is 14.7 Å². The second-order valence-electron chi connectivity index (χ2n) is 6.36. The number of nitrogens with two attached hydrogens (primary N) is 1. The molecule has 1 aliphatic rings. The molecule has 0 bridgehead atoms. The molecule has 26 heavy (non-hydrogen) atoms. The Kier molecular flexibility index (Phi) is 3.15. The molecule has 0 atom stereocenters. The van der Waals surface area contributed by atoms with E-state index in [0.717, 1.165) is 36.0 Å². The Labute approximate surface area is 148 Å². The van der Waals surface area contributed by atoms with Crippen LogP contribution in [0.5, 0.6) is 0 Å². The third kappa shape index (κ3) is 2.28. The zero-order chi connectivity index (χ0) is 17.7. The summed E-state index contributed by atoms with van der Waals surface area (Å²) >= 11 is 0. The van der Waals surface area contributed by atoms with Crippen LogP contribution in [0.3, 0.4) is 0 Å². The van der Waals surface area contributed by atoms with Gasteiger partial charge in [-0.25, -0.2) is 9.31 Å². The minimum absolute atomic E-state index is 0.00521. The van der Waals surface area contributed by atoms with Crippen molar-refractivity contribution in [2.45, 2.75) is 12.8 Å². The van der Waals surface area contributed by atoms with Gasteiger partial charge in [-0.05, 0) is 35.4 Å². The van der Waals surface area contributed by atoms with E-state index in [-0.39, 0.29) is 11.9 Å². The van der Waals surface area contributed by atoms with Gasteiger partial charge in [-0.3, -0.25) is 0 Å². The molecular weight excluding hydrogens is 330 g/mol. The van der Waals surface area contributed by atoms with Gasteiger partial charge in [0.05, 0.1) is 11.7 Å². The number of carbonyl (C=O) groups excluding carboxylic acids is 1. The largest absolute Gasteiger partial charge is 0.424 e. The van der Waals surface area contributed by atoms with Gasteiger partial charge in [-0.15, -0.1) is 0 Å². The Hall–Kier alpha value is -3.48. The zero-order valence-corrected chi connectivity index (χ0v) is 13.9. The molecule has 5 rings (SSSR count). The summed E-state index contributed by atoms with van der Waals surface area (Å²) in [5.41, 5.74) is 10.3. The van der Waals surface area contributed by atoms with Crippen molar-refractivity contribution in [1.29, 1.82) is 0 Å². The Morgan fingerprint density at radius 2 is 2.12 bits per heavy atom. The fourth-order valence-electron chi connectivity index (χ4n) is 3.39. The number of fused-ring (bicyclic) bond motifs is 2. The highest BCUT2D eigenvalue weighted by molar-refractivity contribution is 5.97. The quantitative estimate of drug-likeness (QED) is 0.564. The standard InChI is InChI=1S/C19H16N5O2/c20-19-22-15-9-12(3-4-17(15)26-19)13-5-8-24-16(10-13)14(11-21-24)18(25)23-6-1-2-7-23/h3-6,8-11H,1-2,7H2,(H2,20,22)/q+1. The lowest BCUT2D eigenvalue weighted by atomic mass is 10.1. The number of nitrogens with zero attached hydrogens (tertiary/aromatic N) is 4. The van der Waals surface area contributed by atoms with Gasteiger partial charge in [0.25, 0.3) is 6.01 Å². The maximum absolute atomic E-state index is 12.8. The summed E-state index contributed by atoms with van der Waals surface area (Å²) in [6.07, 6.45) is 7.40. The lowest BCUT2D eigenvalue weighted by Gasteiger charge is -2.03. The number of benzene rings is 1. The molecule has 4 aromatic rings. The highest BCUT2D eigenvalue weighted by Gasteiger charge is 2.26. The van der Waals surface area contributed by atoms with Gasteiger partial charge in [0, 0.05) is 19.0 Å². The monoisotopic (exact) mass is 346 g/mol. The smallest absolute Gasteiger partial charge is 0.422 e. The van der Waals surface area contributed by atoms with Crippen LogP contribution < -0.4 is 5.73 Å². The molecule has 0 unspecified atom stereocenters. The second kappa shape index (κ2) is 5.52. The molecule has 0 saturated heterocycles. The lowest BCUT2D eigenvalue weighted by molar-refractivity contribution is -0.415. The number of hydrogen-bond donors (Lipinski definition) is 1. The van der Waals surface area contributed by atoms with E-state index in [2.05, 4.69) is 10.1 Å². The first-order valence-corrected chi connectivity index (χ1v) is 8.47. The van der Waals surface area contributed by atoms with Crippen LogP contribution >= 0.6 is 0 Å². The van der Waals surface area contributed by atoms with Gasteiger partial charge < -0.3 is 10.2 Å². The Morgan fingerprint density at radius 3 is 2.96 bits per heavy atom. The van der Waals surface area contributed by atoms with Crippen molar-refractivity contribution in [3.63, 3.8) is 0 Å². The van der Waals surface area contributed by atoms with Crippen LogP contribution in [0.1, 0.15) is 23.2 Å². The molecule has 1 amide bonds. The Balaban J connectivity index is 1.62. The predicted octanol–water partition coefficient (Wildman–Crippen LogP) is 2.74. The van der Waals surface area contributed by atoms with E-state index in [0.29, 0.717) is 16.7 Å². The SMILES string of the molecule is Nc1nc2cc(-c3ccn4ncc(C(=O)[N+]5=CCCC5)c4c3)ccc2o1. The van der Waals surface area contributed by atoms with Crippen molar-refractivity contribution in [3.8, 4) is 11.1 Å². The third-order valence-electron chi connectivity index (χ3n) is 4.70. The van der Waals surface area contributed by atoms with E-state index in [9.17, 15) is 4.79 Å². The van der Waals surface area contributed by atoms with Crippen molar-refractivity contribution in [1.82, 2.24) is 14.6 Å². The normalized spacial score (nSPS) is 14.2. The van der Waals surface area contributed by atoms with E-state index in [1.54, 1.807) is 15.3 Å². The lowest BCUT2D eigenvalue weighted by Crippen LogP contribution is -2.18.